The molecule has 0 bridgehead atoms. The fourth-order valence-electron chi connectivity index (χ4n) is 0.309. The molecule has 0 aliphatic rings. The molecule has 52 valence electrons. The van der Waals surface area contributed by atoms with Gasteiger partial charge in [-0.15, -0.1) is 0 Å². The van der Waals surface area contributed by atoms with E-state index < -0.39 is 7.12 Å². The summed E-state index contributed by atoms with van der Waals surface area (Å²) >= 11 is 0. The van der Waals surface area contributed by atoms with Crippen LogP contribution in [0.1, 0.15) is 0 Å². The van der Waals surface area contributed by atoms with E-state index in [4.69, 9.17) is 21.5 Å². The standard InChI is InChI=1S/C3H10BN3O2/c5-3(6)7-2-1-4(8)9/h8-9H,1-2H2,(H4,5,6,7). The Kier molecular flexibility index (Phi) is 3.82. The SMILES string of the molecule is NC(N)=NCCB(O)O. The van der Waals surface area contributed by atoms with Gasteiger partial charge in [0.1, 0.15) is 0 Å². The Bertz CT molecular complexity index is 101. The number of hydrogen-bond donors (Lipinski definition) is 4. The molecular formula is C3H10BN3O2. The van der Waals surface area contributed by atoms with Gasteiger partial charge in [-0.05, 0) is 0 Å². The van der Waals surface area contributed by atoms with E-state index >= 15 is 0 Å². The van der Waals surface area contributed by atoms with Crippen LogP contribution < -0.4 is 11.5 Å². The second-order valence-corrected chi connectivity index (χ2v) is 1.58. The Morgan fingerprint density at radius 2 is 2.00 bits per heavy atom. The zero-order valence-electron chi connectivity index (χ0n) is 4.99. The lowest BCUT2D eigenvalue weighted by atomic mass is 9.87. The van der Waals surface area contributed by atoms with Crippen LogP contribution in [0.3, 0.4) is 0 Å². The zero-order chi connectivity index (χ0) is 7.28. The highest BCUT2D eigenvalue weighted by Crippen LogP contribution is 1.82. The summed E-state index contributed by atoms with van der Waals surface area (Å²) in [5.41, 5.74) is 9.89. The van der Waals surface area contributed by atoms with Crippen LogP contribution in [0, 0.1) is 0 Å². The second kappa shape index (κ2) is 4.17. The minimum absolute atomic E-state index is 0.0318. The van der Waals surface area contributed by atoms with Gasteiger partial charge in [0.15, 0.2) is 5.96 Å². The number of nitrogens with zero attached hydrogens (tertiary/aromatic N) is 1. The monoisotopic (exact) mass is 131 g/mol. The van der Waals surface area contributed by atoms with Gasteiger partial charge in [-0.1, -0.05) is 0 Å². The third-order valence-corrected chi connectivity index (χ3v) is 0.682. The molecule has 6 N–H and O–H groups in total. The Morgan fingerprint density at radius 3 is 2.33 bits per heavy atom. The molecule has 6 heteroatoms. The summed E-state index contributed by atoms with van der Waals surface area (Å²) in [6, 6.07) is 0. The van der Waals surface area contributed by atoms with Crippen LogP contribution in [-0.4, -0.2) is 29.7 Å². The molecular weight excluding hydrogens is 121 g/mol. The lowest BCUT2D eigenvalue weighted by Gasteiger charge is -1.92. The van der Waals surface area contributed by atoms with Gasteiger partial charge in [-0.25, -0.2) is 0 Å². The maximum atomic E-state index is 8.27. The van der Waals surface area contributed by atoms with Crippen molar-refractivity contribution in [3.63, 3.8) is 0 Å². The molecule has 0 radical (unpaired) electrons. The van der Waals surface area contributed by atoms with Crippen LogP contribution >= 0.6 is 0 Å². The highest BCUT2D eigenvalue weighted by Gasteiger charge is 2.03. The van der Waals surface area contributed by atoms with Gasteiger partial charge in [0.2, 0.25) is 0 Å². The van der Waals surface area contributed by atoms with E-state index in [-0.39, 0.29) is 18.8 Å². The highest BCUT2D eigenvalue weighted by molar-refractivity contribution is 6.41. The third kappa shape index (κ3) is 7.25. The van der Waals surface area contributed by atoms with Gasteiger partial charge in [0.25, 0.3) is 0 Å². The maximum absolute atomic E-state index is 8.27. The molecule has 0 aromatic carbocycles. The number of guanidine groups is 1. The molecule has 5 nitrogen and oxygen atoms in total. The minimum Gasteiger partial charge on any atom is -0.427 e. The Morgan fingerprint density at radius 1 is 1.44 bits per heavy atom. The molecule has 9 heavy (non-hydrogen) atoms. The molecule has 0 aliphatic carbocycles. The first-order chi connectivity index (χ1) is 4.13. The summed E-state index contributed by atoms with van der Waals surface area (Å²) in [7, 11) is -1.33. The van der Waals surface area contributed by atoms with E-state index in [1.165, 1.54) is 0 Å². The van der Waals surface area contributed by atoms with E-state index in [0.29, 0.717) is 0 Å². The molecule has 0 spiro atoms. The fourth-order valence-corrected chi connectivity index (χ4v) is 0.309. The summed E-state index contributed by atoms with van der Waals surface area (Å²) in [4.78, 5) is 3.52. The van der Waals surface area contributed by atoms with Crippen molar-refractivity contribution in [2.75, 3.05) is 6.54 Å². The van der Waals surface area contributed by atoms with Gasteiger partial charge in [-0.2, -0.15) is 0 Å². The molecule has 0 aromatic rings. The van der Waals surface area contributed by atoms with Crippen LogP contribution in [0.5, 0.6) is 0 Å². The predicted octanol–water partition coefficient (Wildman–Crippen LogP) is -2.27. The first-order valence-electron chi connectivity index (χ1n) is 2.54. The molecule has 0 fully saturated rings. The summed E-state index contributed by atoms with van der Waals surface area (Å²) in [6.45, 7) is 0.250. The quantitative estimate of drug-likeness (QED) is 0.197. The van der Waals surface area contributed by atoms with Gasteiger partial charge in [0, 0.05) is 12.9 Å². The van der Waals surface area contributed by atoms with E-state index in [0.717, 1.165) is 0 Å². The topological polar surface area (TPSA) is 105 Å². The van der Waals surface area contributed by atoms with Crippen molar-refractivity contribution in [3.8, 4) is 0 Å². The van der Waals surface area contributed by atoms with Crippen LogP contribution in [0.2, 0.25) is 6.32 Å². The normalized spacial score (nSPS) is 8.67. The van der Waals surface area contributed by atoms with Crippen molar-refractivity contribution in [2.24, 2.45) is 16.5 Å². The predicted molar refractivity (Wildman–Crippen MR) is 35.7 cm³/mol. The molecule has 0 saturated heterocycles. The fraction of sp³-hybridized carbons (Fsp3) is 0.667. The molecule has 0 aliphatic heterocycles. The van der Waals surface area contributed by atoms with Crippen LogP contribution in [0.15, 0.2) is 4.99 Å². The average molecular weight is 131 g/mol. The Hall–Kier alpha value is -0.745. The van der Waals surface area contributed by atoms with Crippen LogP contribution in [0.4, 0.5) is 0 Å². The Balaban J connectivity index is 3.20. The minimum atomic E-state index is -1.33. The number of rotatable bonds is 3. The summed E-state index contributed by atoms with van der Waals surface area (Å²) in [5, 5.41) is 16.5. The maximum Gasteiger partial charge on any atom is 0.453 e. The largest absolute Gasteiger partial charge is 0.453 e. The van der Waals surface area contributed by atoms with E-state index in [2.05, 4.69) is 4.99 Å². The van der Waals surface area contributed by atoms with Crippen molar-refractivity contribution >= 4 is 13.1 Å². The first kappa shape index (κ1) is 8.25. The van der Waals surface area contributed by atoms with E-state index in [1.54, 1.807) is 0 Å². The van der Waals surface area contributed by atoms with Gasteiger partial charge >= 0.3 is 7.12 Å². The van der Waals surface area contributed by atoms with Crippen molar-refractivity contribution in [2.45, 2.75) is 6.32 Å². The lowest BCUT2D eigenvalue weighted by Crippen LogP contribution is -2.23. The summed E-state index contributed by atoms with van der Waals surface area (Å²) in [6.07, 6.45) is 0.165. The van der Waals surface area contributed by atoms with Gasteiger partial charge < -0.3 is 21.5 Å². The number of hydrogen-bond acceptors (Lipinski definition) is 3. The number of nitrogens with two attached hydrogens (primary N) is 2. The molecule has 0 atom stereocenters. The molecule has 0 aromatic heterocycles. The molecule has 0 unspecified atom stereocenters. The smallest absolute Gasteiger partial charge is 0.427 e. The molecule has 0 rings (SSSR count). The van der Waals surface area contributed by atoms with Crippen molar-refractivity contribution in [1.82, 2.24) is 0 Å². The second-order valence-electron chi connectivity index (χ2n) is 1.58. The summed E-state index contributed by atoms with van der Waals surface area (Å²) in [5.74, 6) is -0.0318. The molecule has 0 amide bonds. The molecule has 0 heterocycles. The van der Waals surface area contributed by atoms with Crippen LogP contribution in [-0.2, 0) is 0 Å². The van der Waals surface area contributed by atoms with Crippen LogP contribution in [0.25, 0.3) is 0 Å². The highest BCUT2D eigenvalue weighted by atomic mass is 16.4. The Labute approximate surface area is 53.5 Å². The zero-order valence-corrected chi connectivity index (χ0v) is 4.99. The van der Waals surface area contributed by atoms with E-state index in [9.17, 15) is 0 Å². The van der Waals surface area contributed by atoms with Crippen molar-refractivity contribution in [1.29, 1.82) is 0 Å². The summed E-state index contributed by atoms with van der Waals surface area (Å²) < 4.78 is 0. The lowest BCUT2D eigenvalue weighted by molar-refractivity contribution is 0.406. The first-order valence-corrected chi connectivity index (χ1v) is 2.54. The van der Waals surface area contributed by atoms with E-state index in [1.807, 2.05) is 0 Å². The third-order valence-electron chi connectivity index (χ3n) is 0.682. The van der Waals surface area contributed by atoms with Gasteiger partial charge in [0.05, 0.1) is 0 Å². The average Bonchev–Trinajstić information content (AvgIpc) is 1.63. The van der Waals surface area contributed by atoms with Gasteiger partial charge in [-0.3, -0.25) is 4.99 Å². The van der Waals surface area contributed by atoms with Crippen molar-refractivity contribution in [3.05, 3.63) is 0 Å². The molecule has 0 saturated carbocycles. The van der Waals surface area contributed by atoms with Crippen molar-refractivity contribution < 1.29 is 10.0 Å². The number of aliphatic imine (C=N–C) groups is 1.